The number of nitrogens with one attached hydrogen (secondary N) is 1. The van der Waals surface area contributed by atoms with Crippen molar-refractivity contribution in [2.75, 3.05) is 12.3 Å². The lowest BCUT2D eigenvalue weighted by Gasteiger charge is -2.63. The number of amides is 1. The van der Waals surface area contributed by atoms with E-state index < -0.39 is 28.1 Å². The average Bonchev–Trinajstić information content (AvgIpc) is 3.12. The van der Waals surface area contributed by atoms with Crippen molar-refractivity contribution in [1.82, 2.24) is 5.32 Å². The Hall–Kier alpha value is -0.740. The lowest BCUT2D eigenvalue weighted by atomic mass is 9.43. The van der Waals surface area contributed by atoms with Gasteiger partial charge in [-0.25, -0.2) is 0 Å². The van der Waals surface area contributed by atoms with E-state index in [1.165, 1.54) is 0 Å². The number of hydrogen-bond donors (Lipinski definition) is 5. The van der Waals surface area contributed by atoms with Crippen LogP contribution in [-0.2, 0) is 14.9 Å². The zero-order valence-electron chi connectivity index (χ0n) is 21.4. The second-order valence-electron chi connectivity index (χ2n) is 12.7. The number of rotatable bonds is 7. The van der Waals surface area contributed by atoms with Gasteiger partial charge in [-0.1, -0.05) is 20.8 Å². The molecule has 9 heteroatoms. The summed E-state index contributed by atoms with van der Waals surface area (Å²) in [5, 5.41) is 35.8. The van der Waals surface area contributed by atoms with Crippen molar-refractivity contribution in [1.29, 1.82) is 0 Å². The Balaban J connectivity index is 1.43. The molecule has 0 radical (unpaired) electrons. The molecule has 0 heterocycles. The van der Waals surface area contributed by atoms with Crippen LogP contribution in [0.5, 0.6) is 0 Å². The molecule has 4 rings (SSSR count). The quantitative estimate of drug-likeness (QED) is 0.327. The van der Waals surface area contributed by atoms with Crippen LogP contribution < -0.4 is 5.32 Å². The Labute approximate surface area is 210 Å². The molecule has 0 spiro atoms. The molecule has 0 unspecified atom stereocenters. The van der Waals surface area contributed by atoms with Gasteiger partial charge in [-0.3, -0.25) is 9.35 Å². The van der Waals surface area contributed by atoms with Gasteiger partial charge in [0.2, 0.25) is 5.91 Å². The smallest absolute Gasteiger partial charge is 0.266 e. The van der Waals surface area contributed by atoms with Crippen LogP contribution in [0.2, 0.25) is 0 Å². The zero-order valence-corrected chi connectivity index (χ0v) is 22.2. The summed E-state index contributed by atoms with van der Waals surface area (Å²) in [4.78, 5) is 12.2. The molecule has 5 N–H and O–H groups in total. The number of hydrogen-bond acceptors (Lipinski definition) is 6. The Morgan fingerprint density at radius 1 is 1.06 bits per heavy atom. The molecular formula is C26H45NO7S. The normalized spacial score (nSPS) is 46.3. The fraction of sp³-hybridized carbons (Fsp3) is 0.962. The van der Waals surface area contributed by atoms with E-state index in [1.54, 1.807) is 0 Å². The number of carbonyl (C=O) groups excluding carboxylic acids is 1. The van der Waals surface area contributed by atoms with E-state index in [-0.39, 0.29) is 65.4 Å². The standard InChI is InChI=1S/C26H45NO7S/c1-15(4-7-23(31)27-10-11-35(32,33)34)18-5-6-19-24-20(14-22(30)26(18,19)3)25(2)9-8-17(28)12-16(25)13-21(24)29/h15-22,24,28-30H,4-14H2,1-3H3,(H,27,31)(H,32,33,34)/t15-,16-,17+,18-,19+,20+,21-,22-,24+,25+,26-/m1/s1. The van der Waals surface area contributed by atoms with E-state index in [0.29, 0.717) is 18.8 Å². The minimum atomic E-state index is -4.10. The highest BCUT2D eigenvalue weighted by Crippen LogP contribution is 2.68. The topological polar surface area (TPSA) is 144 Å². The fourth-order valence-electron chi connectivity index (χ4n) is 9.10. The van der Waals surface area contributed by atoms with Gasteiger partial charge in [0.1, 0.15) is 0 Å². The van der Waals surface area contributed by atoms with Gasteiger partial charge in [0.15, 0.2) is 0 Å². The van der Waals surface area contributed by atoms with E-state index in [0.717, 1.165) is 38.5 Å². The average molecular weight is 516 g/mol. The molecule has 0 aromatic heterocycles. The lowest BCUT2D eigenvalue weighted by Crippen LogP contribution is -2.62. The van der Waals surface area contributed by atoms with Gasteiger partial charge in [-0.2, -0.15) is 8.42 Å². The maximum absolute atomic E-state index is 12.2. The highest BCUT2D eigenvalue weighted by Gasteiger charge is 2.65. The molecule has 1 amide bonds. The minimum Gasteiger partial charge on any atom is -0.393 e. The van der Waals surface area contributed by atoms with Crippen LogP contribution in [0.4, 0.5) is 0 Å². The van der Waals surface area contributed by atoms with Crippen molar-refractivity contribution in [3.63, 3.8) is 0 Å². The van der Waals surface area contributed by atoms with Crippen LogP contribution >= 0.6 is 0 Å². The molecule has 35 heavy (non-hydrogen) atoms. The first-order chi connectivity index (χ1) is 16.3. The molecule has 0 bridgehead atoms. The van der Waals surface area contributed by atoms with Gasteiger partial charge in [0.25, 0.3) is 10.1 Å². The summed E-state index contributed by atoms with van der Waals surface area (Å²) in [5.41, 5.74) is -0.254. The maximum atomic E-state index is 12.2. The summed E-state index contributed by atoms with van der Waals surface area (Å²) in [5.74, 6) is 0.705. The summed E-state index contributed by atoms with van der Waals surface area (Å²) >= 11 is 0. The molecule has 4 aliphatic carbocycles. The predicted octanol–water partition coefficient (Wildman–Crippen LogP) is 2.37. The van der Waals surface area contributed by atoms with Gasteiger partial charge in [0, 0.05) is 13.0 Å². The first-order valence-corrected chi connectivity index (χ1v) is 15.1. The predicted molar refractivity (Wildman–Crippen MR) is 132 cm³/mol. The van der Waals surface area contributed by atoms with Crippen molar-refractivity contribution in [3.8, 4) is 0 Å². The van der Waals surface area contributed by atoms with Gasteiger partial charge >= 0.3 is 0 Å². The molecule has 0 aromatic carbocycles. The summed E-state index contributed by atoms with van der Waals surface area (Å²) in [6, 6.07) is 0. The maximum Gasteiger partial charge on any atom is 0.266 e. The van der Waals surface area contributed by atoms with Crippen LogP contribution in [0.25, 0.3) is 0 Å². The molecule has 11 atom stereocenters. The van der Waals surface area contributed by atoms with Crippen molar-refractivity contribution in [3.05, 3.63) is 0 Å². The van der Waals surface area contributed by atoms with Crippen molar-refractivity contribution in [2.24, 2.45) is 46.3 Å². The fourth-order valence-corrected chi connectivity index (χ4v) is 9.46. The monoisotopic (exact) mass is 515 g/mol. The van der Waals surface area contributed by atoms with Crippen molar-refractivity contribution < 1.29 is 33.1 Å². The molecule has 0 aliphatic heterocycles. The summed E-state index contributed by atoms with van der Waals surface area (Å²) in [6.07, 6.45) is 5.67. The van der Waals surface area contributed by atoms with Crippen LogP contribution in [0.15, 0.2) is 0 Å². The molecule has 8 nitrogen and oxygen atoms in total. The highest BCUT2D eigenvalue weighted by molar-refractivity contribution is 7.85. The van der Waals surface area contributed by atoms with E-state index in [9.17, 15) is 28.5 Å². The number of aliphatic hydroxyl groups excluding tert-OH is 3. The van der Waals surface area contributed by atoms with E-state index in [4.69, 9.17) is 4.55 Å². The molecular weight excluding hydrogens is 470 g/mol. The number of carbonyl (C=O) groups is 1. The van der Waals surface area contributed by atoms with Gasteiger partial charge < -0.3 is 20.6 Å². The molecule has 4 fully saturated rings. The van der Waals surface area contributed by atoms with Gasteiger partial charge in [-0.15, -0.1) is 0 Å². The molecule has 202 valence electrons. The molecule has 4 aliphatic rings. The van der Waals surface area contributed by atoms with Crippen LogP contribution in [0.1, 0.15) is 78.6 Å². The Morgan fingerprint density at radius 3 is 2.46 bits per heavy atom. The highest BCUT2D eigenvalue weighted by atomic mass is 32.2. The molecule has 4 saturated carbocycles. The third-order valence-corrected chi connectivity index (χ3v) is 11.7. The largest absolute Gasteiger partial charge is 0.393 e. The lowest BCUT2D eigenvalue weighted by molar-refractivity contribution is -0.207. The molecule has 0 aromatic rings. The first-order valence-electron chi connectivity index (χ1n) is 13.5. The second kappa shape index (κ2) is 9.86. The number of aliphatic hydroxyl groups is 3. The summed E-state index contributed by atoms with van der Waals surface area (Å²) in [6.45, 7) is 6.56. The number of fused-ring (bicyclic) bond motifs is 5. The van der Waals surface area contributed by atoms with Crippen molar-refractivity contribution >= 4 is 16.0 Å². The third-order valence-electron chi connectivity index (χ3n) is 11.0. The van der Waals surface area contributed by atoms with E-state index >= 15 is 0 Å². The Kier molecular flexibility index (Phi) is 7.69. The van der Waals surface area contributed by atoms with Gasteiger partial charge in [-0.05, 0) is 97.7 Å². The second-order valence-corrected chi connectivity index (χ2v) is 14.2. The summed E-state index contributed by atoms with van der Waals surface area (Å²) in [7, 11) is -4.10. The summed E-state index contributed by atoms with van der Waals surface area (Å²) < 4.78 is 30.5. The Bertz CT molecular complexity index is 896. The third kappa shape index (κ3) is 5.05. The van der Waals surface area contributed by atoms with E-state index in [1.807, 2.05) is 0 Å². The van der Waals surface area contributed by atoms with Crippen LogP contribution in [0.3, 0.4) is 0 Å². The van der Waals surface area contributed by atoms with Crippen molar-refractivity contribution in [2.45, 2.75) is 96.9 Å². The van der Waals surface area contributed by atoms with Gasteiger partial charge in [0.05, 0.1) is 24.1 Å². The SMILES string of the molecule is C[C@H](CCC(=O)NCCS(=O)(=O)O)[C@H]1CC[C@H]2[C@@H]3[C@H](O)C[C@H]4C[C@@H](O)CC[C@]4(C)[C@H]3C[C@@H](O)[C@]12C. The van der Waals surface area contributed by atoms with E-state index in [2.05, 4.69) is 26.1 Å². The zero-order chi connectivity index (χ0) is 25.8. The van der Waals surface area contributed by atoms with Crippen LogP contribution in [-0.4, -0.2) is 64.8 Å². The minimum absolute atomic E-state index is 0.0509. The van der Waals surface area contributed by atoms with Crippen LogP contribution in [0, 0.1) is 46.3 Å². The first kappa shape index (κ1) is 27.3. The molecule has 0 saturated heterocycles. The Morgan fingerprint density at radius 2 is 1.77 bits per heavy atom.